The van der Waals surface area contributed by atoms with Crippen molar-refractivity contribution in [1.82, 2.24) is 0 Å². The van der Waals surface area contributed by atoms with Crippen LogP contribution in [0.4, 0.5) is 5.69 Å². The Labute approximate surface area is 115 Å². The molecule has 0 amide bonds. The molecule has 19 heavy (non-hydrogen) atoms. The van der Waals surface area contributed by atoms with E-state index in [2.05, 4.69) is 26.3 Å². The molecule has 0 spiro atoms. The first-order chi connectivity index (χ1) is 8.97. The Morgan fingerprint density at radius 2 is 1.89 bits per heavy atom. The summed E-state index contributed by atoms with van der Waals surface area (Å²) in [5.41, 5.74) is 4.01. The predicted octanol–water partition coefficient (Wildman–Crippen LogP) is 3.81. The number of para-hydroxylation sites is 1. The highest BCUT2D eigenvalue weighted by atomic mass is 16.7. The zero-order valence-corrected chi connectivity index (χ0v) is 12.0. The maximum absolute atomic E-state index is 11.9. The van der Waals surface area contributed by atoms with Crippen molar-refractivity contribution in [3.05, 3.63) is 30.3 Å². The van der Waals surface area contributed by atoms with E-state index in [1.807, 2.05) is 30.3 Å². The molecule has 1 aromatic rings. The predicted molar refractivity (Wildman–Crippen MR) is 76.7 cm³/mol. The molecular formula is C16H23NO2. The van der Waals surface area contributed by atoms with E-state index in [9.17, 15) is 4.79 Å². The monoisotopic (exact) mass is 261 g/mol. The summed E-state index contributed by atoms with van der Waals surface area (Å²) < 4.78 is 0. The largest absolute Gasteiger partial charge is 0.297 e. The molecule has 0 aromatic heterocycles. The average molecular weight is 261 g/mol. The SMILES string of the molecule is CC(C)(C)C1CCC(=O)[C@H](ONc2ccccc2)C1. The van der Waals surface area contributed by atoms with Crippen molar-refractivity contribution in [2.45, 2.75) is 46.1 Å². The Morgan fingerprint density at radius 3 is 2.53 bits per heavy atom. The van der Waals surface area contributed by atoms with Crippen LogP contribution in [0.5, 0.6) is 0 Å². The van der Waals surface area contributed by atoms with E-state index in [4.69, 9.17) is 4.84 Å². The molecule has 1 N–H and O–H groups in total. The summed E-state index contributed by atoms with van der Waals surface area (Å²) in [4.78, 5) is 17.5. The van der Waals surface area contributed by atoms with Crippen LogP contribution in [0.15, 0.2) is 30.3 Å². The van der Waals surface area contributed by atoms with Crippen molar-refractivity contribution in [3.63, 3.8) is 0 Å². The minimum absolute atomic E-state index is 0.212. The number of rotatable bonds is 3. The van der Waals surface area contributed by atoms with E-state index in [0.717, 1.165) is 18.5 Å². The minimum atomic E-state index is -0.321. The number of anilines is 1. The van der Waals surface area contributed by atoms with E-state index >= 15 is 0 Å². The fourth-order valence-electron chi connectivity index (χ4n) is 2.53. The van der Waals surface area contributed by atoms with Gasteiger partial charge in [-0.1, -0.05) is 39.0 Å². The van der Waals surface area contributed by atoms with Gasteiger partial charge in [-0.15, -0.1) is 0 Å². The molecule has 3 nitrogen and oxygen atoms in total. The fraction of sp³-hybridized carbons (Fsp3) is 0.562. The quantitative estimate of drug-likeness (QED) is 0.841. The molecule has 0 aliphatic heterocycles. The van der Waals surface area contributed by atoms with Crippen LogP contribution in [-0.2, 0) is 9.63 Å². The van der Waals surface area contributed by atoms with E-state index in [1.165, 1.54) is 0 Å². The maximum atomic E-state index is 11.9. The van der Waals surface area contributed by atoms with Crippen molar-refractivity contribution in [1.29, 1.82) is 0 Å². The minimum Gasteiger partial charge on any atom is -0.297 e. The standard InChI is InChI=1S/C16H23NO2/c1-16(2,3)12-9-10-14(18)15(11-12)19-17-13-7-5-4-6-8-13/h4-8,12,15,17H,9-11H2,1-3H3/t12?,15-/m1/s1. The second-order valence-corrected chi connectivity index (χ2v) is 6.38. The number of benzene rings is 1. The summed E-state index contributed by atoms with van der Waals surface area (Å²) >= 11 is 0. The van der Waals surface area contributed by atoms with Gasteiger partial charge >= 0.3 is 0 Å². The summed E-state index contributed by atoms with van der Waals surface area (Å²) in [5.74, 6) is 0.747. The molecule has 1 aromatic carbocycles. The first kappa shape index (κ1) is 14.1. The number of hydrogen-bond donors (Lipinski definition) is 1. The Kier molecular flexibility index (Phi) is 4.25. The van der Waals surface area contributed by atoms with Gasteiger partial charge in [0.05, 0.1) is 5.69 Å². The van der Waals surface area contributed by atoms with Crippen molar-refractivity contribution < 1.29 is 9.63 Å². The van der Waals surface area contributed by atoms with E-state index < -0.39 is 0 Å². The Morgan fingerprint density at radius 1 is 1.21 bits per heavy atom. The molecule has 1 unspecified atom stereocenters. The molecule has 2 atom stereocenters. The van der Waals surface area contributed by atoms with Crippen molar-refractivity contribution in [2.75, 3.05) is 5.48 Å². The van der Waals surface area contributed by atoms with Gasteiger partial charge in [-0.2, -0.15) is 0 Å². The Balaban J connectivity index is 1.93. The van der Waals surface area contributed by atoms with Crippen molar-refractivity contribution in [2.24, 2.45) is 11.3 Å². The number of hydrogen-bond acceptors (Lipinski definition) is 3. The van der Waals surface area contributed by atoms with Crippen LogP contribution in [0.2, 0.25) is 0 Å². The molecule has 1 aliphatic rings. The second kappa shape index (κ2) is 5.74. The maximum Gasteiger partial charge on any atom is 0.164 e. The molecule has 3 heteroatoms. The number of nitrogens with one attached hydrogen (secondary N) is 1. The number of carbonyl (C=O) groups excluding carboxylic acids is 1. The third-order valence-electron chi connectivity index (χ3n) is 3.91. The number of ketones is 1. The molecule has 0 heterocycles. The van der Waals surface area contributed by atoms with Crippen molar-refractivity contribution in [3.8, 4) is 0 Å². The van der Waals surface area contributed by atoms with Crippen LogP contribution >= 0.6 is 0 Å². The normalized spacial score (nSPS) is 24.3. The van der Waals surface area contributed by atoms with Gasteiger partial charge in [-0.3, -0.25) is 15.1 Å². The van der Waals surface area contributed by atoms with Crippen LogP contribution in [0.25, 0.3) is 0 Å². The van der Waals surface area contributed by atoms with Crippen molar-refractivity contribution >= 4 is 11.5 Å². The first-order valence-corrected chi connectivity index (χ1v) is 6.96. The zero-order chi connectivity index (χ0) is 13.9. The van der Waals surface area contributed by atoms with Gasteiger partial charge in [-0.25, -0.2) is 0 Å². The van der Waals surface area contributed by atoms with Gasteiger partial charge < -0.3 is 0 Å². The van der Waals surface area contributed by atoms with Gasteiger partial charge in [0.25, 0.3) is 0 Å². The Bertz CT molecular complexity index is 422. The summed E-state index contributed by atoms with van der Waals surface area (Å²) in [6.45, 7) is 6.69. The topological polar surface area (TPSA) is 38.3 Å². The highest BCUT2D eigenvalue weighted by molar-refractivity contribution is 5.83. The molecule has 0 saturated heterocycles. The lowest BCUT2D eigenvalue weighted by Crippen LogP contribution is -2.38. The van der Waals surface area contributed by atoms with E-state index in [0.29, 0.717) is 12.3 Å². The molecule has 2 rings (SSSR count). The fourth-order valence-corrected chi connectivity index (χ4v) is 2.53. The molecular weight excluding hydrogens is 238 g/mol. The smallest absolute Gasteiger partial charge is 0.164 e. The summed E-state index contributed by atoms with van der Waals surface area (Å²) in [6, 6.07) is 9.67. The summed E-state index contributed by atoms with van der Waals surface area (Å²) in [6.07, 6.45) is 2.09. The van der Waals surface area contributed by atoms with E-state index in [1.54, 1.807) is 0 Å². The Hall–Kier alpha value is -1.35. The molecule has 1 fully saturated rings. The van der Waals surface area contributed by atoms with Gasteiger partial charge in [0.15, 0.2) is 5.78 Å². The second-order valence-electron chi connectivity index (χ2n) is 6.38. The molecule has 1 aliphatic carbocycles. The van der Waals surface area contributed by atoms with Gasteiger partial charge in [0, 0.05) is 6.42 Å². The van der Waals surface area contributed by atoms with Crippen LogP contribution in [-0.4, -0.2) is 11.9 Å². The summed E-state index contributed by atoms with van der Waals surface area (Å²) in [7, 11) is 0. The number of Topliss-reactive ketones (excluding diaryl/α,β-unsaturated/α-hetero) is 1. The van der Waals surface area contributed by atoms with Gasteiger partial charge in [-0.05, 0) is 36.3 Å². The molecule has 104 valence electrons. The third-order valence-corrected chi connectivity index (χ3v) is 3.91. The molecule has 1 saturated carbocycles. The third kappa shape index (κ3) is 3.80. The lowest BCUT2D eigenvalue weighted by molar-refractivity contribution is -0.134. The van der Waals surface area contributed by atoms with Crippen LogP contribution in [0.1, 0.15) is 40.0 Å². The average Bonchev–Trinajstić information content (AvgIpc) is 2.37. The summed E-state index contributed by atoms with van der Waals surface area (Å²) in [5, 5.41) is 0. The zero-order valence-electron chi connectivity index (χ0n) is 12.0. The first-order valence-electron chi connectivity index (χ1n) is 6.96. The van der Waals surface area contributed by atoms with Crippen LogP contribution in [0, 0.1) is 11.3 Å². The lowest BCUT2D eigenvalue weighted by Gasteiger charge is -2.36. The molecule has 0 radical (unpaired) electrons. The van der Waals surface area contributed by atoms with Crippen LogP contribution in [0.3, 0.4) is 0 Å². The van der Waals surface area contributed by atoms with E-state index in [-0.39, 0.29) is 17.3 Å². The van der Waals surface area contributed by atoms with Crippen LogP contribution < -0.4 is 5.48 Å². The van der Waals surface area contributed by atoms with Gasteiger partial charge in [0.1, 0.15) is 6.10 Å². The highest BCUT2D eigenvalue weighted by Crippen LogP contribution is 2.37. The van der Waals surface area contributed by atoms with Gasteiger partial charge in [0.2, 0.25) is 0 Å². The molecule has 0 bridgehead atoms. The highest BCUT2D eigenvalue weighted by Gasteiger charge is 2.35. The lowest BCUT2D eigenvalue weighted by atomic mass is 9.71. The number of carbonyl (C=O) groups is 1.